The molecular weight excluding hydrogens is 342 g/mol. The predicted octanol–water partition coefficient (Wildman–Crippen LogP) is 3.11. The SMILES string of the molecule is CC(CN1CCN(C(=O)OC(C)(C)C)CC1)C(=O)c1ccc(Cl)nc1. The number of hydrogen-bond acceptors (Lipinski definition) is 5. The molecule has 1 atom stereocenters. The molecule has 1 fully saturated rings. The van der Waals surface area contributed by atoms with Gasteiger partial charge in [0.1, 0.15) is 10.8 Å². The Morgan fingerprint density at radius 3 is 2.40 bits per heavy atom. The molecule has 1 aliphatic rings. The molecule has 138 valence electrons. The minimum Gasteiger partial charge on any atom is -0.444 e. The van der Waals surface area contributed by atoms with Crippen LogP contribution in [0.25, 0.3) is 0 Å². The zero-order valence-electron chi connectivity index (χ0n) is 15.3. The van der Waals surface area contributed by atoms with Gasteiger partial charge in [-0.15, -0.1) is 0 Å². The zero-order chi connectivity index (χ0) is 18.6. The third-order valence-electron chi connectivity index (χ3n) is 4.02. The normalized spacial score (nSPS) is 17.2. The van der Waals surface area contributed by atoms with Crippen LogP contribution in [0.15, 0.2) is 18.3 Å². The van der Waals surface area contributed by atoms with Crippen molar-refractivity contribution in [3.05, 3.63) is 29.0 Å². The van der Waals surface area contributed by atoms with Crippen molar-refractivity contribution in [2.24, 2.45) is 5.92 Å². The van der Waals surface area contributed by atoms with Crippen molar-refractivity contribution in [2.45, 2.75) is 33.3 Å². The molecule has 1 aromatic heterocycles. The van der Waals surface area contributed by atoms with Crippen LogP contribution in [0.2, 0.25) is 5.15 Å². The molecule has 1 saturated heterocycles. The molecule has 2 heterocycles. The lowest BCUT2D eigenvalue weighted by Gasteiger charge is -2.36. The number of carbonyl (C=O) groups is 2. The fourth-order valence-corrected chi connectivity index (χ4v) is 2.83. The maximum atomic E-state index is 12.5. The van der Waals surface area contributed by atoms with Gasteiger partial charge in [0.25, 0.3) is 0 Å². The van der Waals surface area contributed by atoms with Gasteiger partial charge in [0.15, 0.2) is 5.78 Å². The second-order valence-corrected chi connectivity index (χ2v) is 7.79. The maximum Gasteiger partial charge on any atom is 0.410 e. The van der Waals surface area contributed by atoms with E-state index in [0.29, 0.717) is 30.4 Å². The number of amides is 1. The number of rotatable bonds is 4. The van der Waals surface area contributed by atoms with Crippen LogP contribution in [-0.2, 0) is 4.74 Å². The van der Waals surface area contributed by atoms with Gasteiger partial charge in [0, 0.05) is 50.4 Å². The van der Waals surface area contributed by atoms with E-state index < -0.39 is 5.60 Å². The van der Waals surface area contributed by atoms with Gasteiger partial charge >= 0.3 is 6.09 Å². The van der Waals surface area contributed by atoms with E-state index in [4.69, 9.17) is 16.3 Å². The second kappa shape index (κ2) is 8.15. The molecule has 1 unspecified atom stereocenters. The first kappa shape index (κ1) is 19.7. The lowest BCUT2D eigenvalue weighted by Crippen LogP contribution is -2.51. The minimum absolute atomic E-state index is 0.0544. The highest BCUT2D eigenvalue weighted by Gasteiger charge is 2.27. The Hall–Kier alpha value is -1.66. The van der Waals surface area contributed by atoms with Crippen molar-refractivity contribution in [1.82, 2.24) is 14.8 Å². The van der Waals surface area contributed by atoms with Gasteiger partial charge in [-0.05, 0) is 32.9 Å². The van der Waals surface area contributed by atoms with Crippen molar-refractivity contribution >= 4 is 23.5 Å². The molecule has 0 aromatic carbocycles. The highest BCUT2D eigenvalue weighted by atomic mass is 35.5. The van der Waals surface area contributed by atoms with Gasteiger partial charge in [-0.25, -0.2) is 9.78 Å². The summed E-state index contributed by atoms with van der Waals surface area (Å²) in [4.78, 5) is 32.4. The average molecular weight is 368 g/mol. The standard InChI is InChI=1S/C18H26ClN3O3/c1-13(16(23)14-5-6-15(19)20-11-14)12-21-7-9-22(10-8-21)17(24)25-18(2,3)4/h5-6,11,13H,7-10,12H2,1-4H3. The lowest BCUT2D eigenvalue weighted by atomic mass is 10.00. The predicted molar refractivity (Wildman–Crippen MR) is 97.0 cm³/mol. The van der Waals surface area contributed by atoms with Crippen LogP contribution in [-0.4, -0.2) is 65.0 Å². The van der Waals surface area contributed by atoms with Gasteiger partial charge in [0.05, 0.1) is 0 Å². The summed E-state index contributed by atoms with van der Waals surface area (Å²) in [7, 11) is 0. The number of ketones is 1. The maximum absolute atomic E-state index is 12.5. The first-order chi connectivity index (χ1) is 11.7. The summed E-state index contributed by atoms with van der Waals surface area (Å²) < 4.78 is 5.40. The van der Waals surface area contributed by atoms with Crippen LogP contribution in [0.4, 0.5) is 4.79 Å². The van der Waals surface area contributed by atoms with Crippen LogP contribution in [0, 0.1) is 5.92 Å². The van der Waals surface area contributed by atoms with Gasteiger partial charge in [-0.1, -0.05) is 18.5 Å². The second-order valence-electron chi connectivity index (χ2n) is 7.40. The molecule has 1 amide bonds. The number of ether oxygens (including phenoxy) is 1. The van der Waals surface area contributed by atoms with E-state index in [1.54, 1.807) is 17.0 Å². The van der Waals surface area contributed by atoms with Crippen molar-refractivity contribution in [3.63, 3.8) is 0 Å². The first-order valence-corrected chi connectivity index (χ1v) is 8.89. The van der Waals surface area contributed by atoms with E-state index in [9.17, 15) is 9.59 Å². The number of aromatic nitrogens is 1. The molecule has 0 N–H and O–H groups in total. The Labute approximate surface area is 154 Å². The zero-order valence-corrected chi connectivity index (χ0v) is 16.0. The van der Waals surface area contributed by atoms with E-state index in [-0.39, 0.29) is 17.8 Å². The molecule has 0 spiro atoms. The number of halogens is 1. The molecular formula is C18H26ClN3O3. The van der Waals surface area contributed by atoms with Crippen LogP contribution < -0.4 is 0 Å². The summed E-state index contributed by atoms with van der Waals surface area (Å²) in [6.45, 7) is 10.8. The van der Waals surface area contributed by atoms with Crippen molar-refractivity contribution in [2.75, 3.05) is 32.7 Å². The number of Topliss-reactive ketones (excluding diaryl/α,β-unsaturated/α-hetero) is 1. The Kier molecular flexibility index (Phi) is 6.41. The molecule has 25 heavy (non-hydrogen) atoms. The molecule has 7 heteroatoms. The summed E-state index contributed by atoms with van der Waals surface area (Å²) in [5, 5.41) is 0.377. The molecule has 6 nitrogen and oxygen atoms in total. The summed E-state index contributed by atoms with van der Waals surface area (Å²) in [6, 6.07) is 3.33. The minimum atomic E-state index is -0.484. The summed E-state index contributed by atoms with van der Waals surface area (Å²) >= 11 is 5.76. The number of piperazine rings is 1. The summed E-state index contributed by atoms with van der Waals surface area (Å²) in [6.07, 6.45) is 1.24. The van der Waals surface area contributed by atoms with Crippen molar-refractivity contribution < 1.29 is 14.3 Å². The largest absolute Gasteiger partial charge is 0.444 e. The molecule has 0 bridgehead atoms. The first-order valence-electron chi connectivity index (χ1n) is 8.52. The molecule has 1 aromatic rings. The van der Waals surface area contributed by atoms with Crippen LogP contribution in [0.3, 0.4) is 0 Å². The monoisotopic (exact) mass is 367 g/mol. The Balaban J connectivity index is 1.82. The smallest absolute Gasteiger partial charge is 0.410 e. The highest BCUT2D eigenvalue weighted by molar-refractivity contribution is 6.29. The van der Waals surface area contributed by atoms with Gasteiger partial charge in [-0.2, -0.15) is 0 Å². The number of nitrogens with zero attached hydrogens (tertiary/aromatic N) is 3. The van der Waals surface area contributed by atoms with Crippen LogP contribution >= 0.6 is 11.6 Å². The van der Waals surface area contributed by atoms with Gasteiger partial charge in [-0.3, -0.25) is 9.69 Å². The highest BCUT2D eigenvalue weighted by Crippen LogP contribution is 2.15. The van der Waals surface area contributed by atoms with E-state index in [1.807, 2.05) is 27.7 Å². The molecule has 1 aliphatic heterocycles. The van der Waals surface area contributed by atoms with E-state index in [0.717, 1.165) is 13.1 Å². The van der Waals surface area contributed by atoms with Crippen LogP contribution in [0.1, 0.15) is 38.1 Å². The summed E-state index contributed by atoms with van der Waals surface area (Å²) in [5.74, 6) is -0.0882. The topological polar surface area (TPSA) is 62.7 Å². The molecule has 2 rings (SSSR count). The number of hydrogen-bond donors (Lipinski definition) is 0. The fourth-order valence-electron chi connectivity index (χ4n) is 2.72. The number of carbonyl (C=O) groups excluding carboxylic acids is 2. The lowest BCUT2D eigenvalue weighted by molar-refractivity contribution is 0.0134. The quantitative estimate of drug-likeness (QED) is 0.604. The average Bonchev–Trinajstić information content (AvgIpc) is 2.54. The van der Waals surface area contributed by atoms with Gasteiger partial charge < -0.3 is 9.64 Å². The van der Waals surface area contributed by atoms with Crippen molar-refractivity contribution in [1.29, 1.82) is 0 Å². The Morgan fingerprint density at radius 2 is 1.88 bits per heavy atom. The fraction of sp³-hybridized carbons (Fsp3) is 0.611. The molecule has 0 aliphatic carbocycles. The summed E-state index contributed by atoms with van der Waals surface area (Å²) in [5.41, 5.74) is 0.0891. The number of pyridine rings is 1. The van der Waals surface area contributed by atoms with E-state index in [2.05, 4.69) is 9.88 Å². The van der Waals surface area contributed by atoms with Crippen molar-refractivity contribution in [3.8, 4) is 0 Å². The Bertz CT molecular complexity index is 605. The molecule has 0 saturated carbocycles. The van der Waals surface area contributed by atoms with Gasteiger partial charge in [0.2, 0.25) is 0 Å². The third-order valence-corrected chi connectivity index (χ3v) is 4.24. The van der Waals surface area contributed by atoms with E-state index in [1.165, 1.54) is 6.20 Å². The third kappa shape index (κ3) is 5.97. The molecule has 0 radical (unpaired) electrons. The van der Waals surface area contributed by atoms with Crippen LogP contribution in [0.5, 0.6) is 0 Å². The van der Waals surface area contributed by atoms with E-state index >= 15 is 0 Å². The Morgan fingerprint density at radius 1 is 1.24 bits per heavy atom.